The van der Waals surface area contributed by atoms with Gasteiger partial charge in [-0.3, -0.25) is 9.69 Å². The highest BCUT2D eigenvalue weighted by molar-refractivity contribution is 6.40. The number of hydrogen-bond donors (Lipinski definition) is 3. The van der Waals surface area contributed by atoms with Crippen molar-refractivity contribution in [3.63, 3.8) is 0 Å². The van der Waals surface area contributed by atoms with E-state index in [0.717, 1.165) is 0 Å². The van der Waals surface area contributed by atoms with Gasteiger partial charge in [0.15, 0.2) is 0 Å². The van der Waals surface area contributed by atoms with E-state index in [9.17, 15) is 9.90 Å². The zero-order chi connectivity index (χ0) is 15.6. The standard InChI is InChI=1S/C14H19Cl2N3O2/c1-8-6-19(3-2-12(8)20)7-13(21)18-14-10(15)4-9(17)5-11(14)16/h4-5,8,12,20H,2-3,6-7,17H2,1H3,(H,18,21). The van der Waals surface area contributed by atoms with Gasteiger partial charge in [-0.15, -0.1) is 0 Å². The summed E-state index contributed by atoms with van der Waals surface area (Å²) >= 11 is 12.1. The Morgan fingerprint density at radius 2 is 2.10 bits per heavy atom. The van der Waals surface area contributed by atoms with Gasteiger partial charge in [-0.1, -0.05) is 30.1 Å². The Balaban J connectivity index is 1.96. The van der Waals surface area contributed by atoms with Gasteiger partial charge in [-0.2, -0.15) is 0 Å². The first-order chi connectivity index (χ1) is 9.86. The maximum absolute atomic E-state index is 12.1. The summed E-state index contributed by atoms with van der Waals surface area (Å²) in [6.07, 6.45) is 0.392. The van der Waals surface area contributed by atoms with Crippen molar-refractivity contribution in [2.24, 2.45) is 5.92 Å². The fraction of sp³-hybridized carbons (Fsp3) is 0.500. The fourth-order valence-corrected chi connectivity index (χ4v) is 3.06. The van der Waals surface area contributed by atoms with Gasteiger partial charge in [0.05, 0.1) is 28.4 Å². The predicted molar refractivity (Wildman–Crippen MR) is 85.7 cm³/mol. The van der Waals surface area contributed by atoms with E-state index < -0.39 is 0 Å². The van der Waals surface area contributed by atoms with Gasteiger partial charge in [0.1, 0.15) is 0 Å². The van der Waals surface area contributed by atoms with Crippen LogP contribution in [0.1, 0.15) is 13.3 Å². The van der Waals surface area contributed by atoms with E-state index in [1.165, 1.54) is 0 Å². The molecule has 5 nitrogen and oxygen atoms in total. The fourth-order valence-electron chi connectivity index (χ4n) is 2.46. The number of nitrogen functional groups attached to an aromatic ring is 1. The zero-order valence-corrected chi connectivity index (χ0v) is 13.3. The first kappa shape index (κ1) is 16.4. The van der Waals surface area contributed by atoms with Crippen LogP contribution < -0.4 is 11.1 Å². The van der Waals surface area contributed by atoms with Gasteiger partial charge in [-0.25, -0.2) is 0 Å². The maximum Gasteiger partial charge on any atom is 0.238 e. The largest absolute Gasteiger partial charge is 0.399 e. The van der Waals surface area contributed by atoms with Crippen LogP contribution in [0.2, 0.25) is 10.0 Å². The average Bonchev–Trinajstić information content (AvgIpc) is 2.38. The molecule has 2 atom stereocenters. The van der Waals surface area contributed by atoms with Crippen LogP contribution in [-0.4, -0.2) is 41.7 Å². The highest BCUT2D eigenvalue weighted by Gasteiger charge is 2.25. The topological polar surface area (TPSA) is 78.6 Å². The quantitative estimate of drug-likeness (QED) is 0.742. The Bertz CT molecular complexity index is 516. The molecule has 2 unspecified atom stereocenters. The Morgan fingerprint density at radius 3 is 2.67 bits per heavy atom. The van der Waals surface area contributed by atoms with Crippen molar-refractivity contribution in [1.82, 2.24) is 4.90 Å². The molecule has 21 heavy (non-hydrogen) atoms. The summed E-state index contributed by atoms with van der Waals surface area (Å²) in [5.74, 6) is -0.0255. The summed E-state index contributed by atoms with van der Waals surface area (Å²) in [6.45, 7) is 3.61. The third kappa shape index (κ3) is 4.23. The number of rotatable bonds is 3. The van der Waals surface area contributed by atoms with E-state index in [0.29, 0.717) is 40.9 Å². The van der Waals surface area contributed by atoms with E-state index in [1.807, 2.05) is 11.8 Å². The highest BCUT2D eigenvalue weighted by atomic mass is 35.5. The molecule has 1 heterocycles. The minimum atomic E-state index is -0.287. The van der Waals surface area contributed by atoms with E-state index in [1.54, 1.807) is 12.1 Å². The molecular formula is C14H19Cl2N3O2. The van der Waals surface area contributed by atoms with Gasteiger partial charge < -0.3 is 16.2 Å². The number of nitrogens with zero attached hydrogens (tertiary/aromatic N) is 1. The summed E-state index contributed by atoms with van der Waals surface area (Å²) in [6, 6.07) is 3.09. The van der Waals surface area contributed by atoms with Crippen molar-refractivity contribution >= 4 is 40.5 Å². The van der Waals surface area contributed by atoms with Gasteiger partial charge in [0, 0.05) is 18.8 Å². The van der Waals surface area contributed by atoms with Crippen molar-refractivity contribution in [3.8, 4) is 0 Å². The molecule has 0 saturated carbocycles. The normalized spacial score (nSPS) is 23.0. The number of piperidine rings is 1. The number of amides is 1. The van der Waals surface area contributed by atoms with Crippen LogP contribution in [0.5, 0.6) is 0 Å². The highest BCUT2D eigenvalue weighted by Crippen LogP contribution is 2.32. The molecule has 1 amide bonds. The van der Waals surface area contributed by atoms with Gasteiger partial charge in [0.2, 0.25) is 5.91 Å². The van der Waals surface area contributed by atoms with Crippen molar-refractivity contribution in [3.05, 3.63) is 22.2 Å². The summed E-state index contributed by atoms with van der Waals surface area (Å²) < 4.78 is 0. The summed E-state index contributed by atoms with van der Waals surface area (Å²) in [5.41, 5.74) is 6.45. The van der Waals surface area contributed by atoms with Crippen molar-refractivity contribution in [2.75, 3.05) is 30.7 Å². The van der Waals surface area contributed by atoms with Crippen LogP contribution in [-0.2, 0) is 4.79 Å². The molecule has 1 saturated heterocycles. The molecule has 1 fully saturated rings. The first-order valence-corrected chi connectivity index (χ1v) is 7.57. The molecule has 0 bridgehead atoms. The van der Waals surface area contributed by atoms with E-state index >= 15 is 0 Å². The van der Waals surface area contributed by atoms with Crippen molar-refractivity contribution < 1.29 is 9.90 Å². The Kier molecular flexibility index (Phi) is 5.32. The molecule has 0 spiro atoms. The Hall–Kier alpha value is -1.01. The molecule has 1 aromatic carbocycles. The summed E-state index contributed by atoms with van der Waals surface area (Å²) in [5, 5.41) is 13.0. The van der Waals surface area contributed by atoms with Crippen molar-refractivity contribution in [2.45, 2.75) is 19.4 Å². The number of aliphatic hydroxyl groups is 1. The minimum absolute atomic E-state index is 0.162. The number of anilines is 2. The number of carbonyl (C=O) groups excluding carboxylic acids is 1. The number of aliphatic hydroxyl groups excluding tert-OH is 1. The Morgan fingerprint density at radius 1 is 1.48 bits per heavy atom. The average molecular weight is 332 g/mol. The number of halogens is 2. The van der Waals surface area contributed by atoms with Crippen LogP contribution in [0.25, 0.3) is 0 Å². The number of nitrogens with one attached hydrogen (secondary N) is 1. The van der Waals surface area contributed by atoms with Gasteiger partial charge in [-0.05, 0) is 24.5 Å². The number of likely N-dealkylation sites (tertiary alicyclic amines) is 1. The van der Waals surface area contributed by atoms with Gasteiger partial charge in [0.25, 0.3) is 0 Å². The minimum Gasteiger partial charge on any atom is -0.399 e. The lowest BCUT2D eigenvalue weighted by Crippen LogP contribution is -2.45. The second kappa shape index (κ2) is 6.83. The number of carbonyl (C=O) groups is 1. The third-order valence-electron chi connectivity index (χ3n) is 3.64. The second-order valence-corrected chi connectivity index (χ2v) is 6.29. The molecule has 1 aromatic rings. The Labute approximate surface area is 134 Å². The lowest BCUT2D eigenvalue weighted by atomic mass is 9.97. The maximum atomic E-state index is 12.1. The third-order valence-corrected chi connectivity index (χ3v) is 4.24. The molecule has 116 valence electrons. The molecule has 1 aliphatic heterocycles. The molecule has 0 radical (unpaired) electrons. The number of nitrogens with two attached hydrogens (primary N) is 1. The second-order valence-electron chi connectivity index (χ2n) is 5.48. The van der Waals surface area contributed by atoms with Crippen molar-refractivity contribution in [1.29, 1.82) is 0 Å². The van der Waals surface area contributed by atoms with Crippen LogP contribution in [0, 0.1) is 5.92 Å². The predicted octanol–water partition coefficient (Wildman–Crippen LogP) is 2.22. The lowest BCUT2D eigenvalue weighted by molar-refractivity contribution is -0.118. The zero-order valence-electron chi connectivity index (χ0n) is 11.8. The SMILES string of the molecule is CC1CN(CC(=O)Nc2c(Cl)cc(N)cc2Cl)CCC1O. The molecule has 2 rings (SSSR count). The lowest BCUT2D eigenvalue weighted by Gasteiger charge is -2.33. The molecule has 0 aromatic heterocycles. The monoisotopic (exact) mass is 331 g/mol. The van der Waals surface area contributed by atoms with Crippen LogP contribution in [0.3, 0.4) is 0 Å². The van der Waals surface area contributed by atoms with Crippen LogP contribution in [0.4, 0.5) is 11.4 Å². The van der Waals surface area contributed by atoms with E-state index in [-0.39, 0.29) is 24.5 Å². The van der Waals surface area contributed by atoms with Crippen LogP contribution >= 0.6 is 23.2 Å². The summed E-state index contributed by atoms with van der Waals surface area (Å²) in [7, 11) is 0. The molecule has 4 N–H and O–H groups in total. The molecule has 1 aliphatic rings. The number of hydrogen-bond acceptors (Lipinski definition) is 4. The van der Waals surface area contributed by atoms with E-state index in [4.69, 9.17) is 28.9 Å². The van der Waals surface area contributed by atoms with E-state index in [2.05, 4.69) is 5.32 Å². The van der Waals surface area contributed by atoms with Gasteiger partial charge >= 0.3 is 0 Å². The molecular weight excluding hydrogens is 313 g/mol. The number of benzene rings is 1. The van der Waals surface area contributed by atoms with Crippen LogP contribution in [0.15, 0.2) is 12.1 Å². The molecule has 7 heteroatoms. The summed E-state index contributed by atoms with van der Waals surface area (Å²) in [4.78, 5) is 14.1. The smallest absolute Gasteiger partial charge is 0.238 e. The first-order valence-electron chi connectivity index (χ1n) is 6.81. The molecule has 0 aliphatic carbocycles.